The van der Waals surface area contributed by atoms with Crippen molar-refractivity contribution in [1.29, 1.82) is 0 Å². The van der Waals surface area contributed by atoms with Gasteiger partial charge in [0.05, 0.1) is 28.1 Å². The van der Waals surface area contributed by atoms with Gasteiger partial charge in [0.2, 0.25) is 0 Å². The highest BCUT2D eigenvalue weighted by Crippen LogP contribution is 2.49. The van der Waals surface area contributed by atoms with Crippen molar-refractivity contribution in [3.63, 3.8) is 0 Å². The summed E-state index contributed by atoms with van der Waals surface area (Å²) in [5.41, 5.74) is 11.1. The predicted octanol–water partition coefficient (Wildman–Crippen LogP) is 7.97. The van der Waals surface area contributed by atoms with E-state index in [0.29, 0.717) is 49.9 Å². The molecule has 0 saturated carbocycles. The number of hydrogen-bond donors (Lipinski definition) is 2. The first kappa shape index (κ1) is 15.3. The summed E-state index contributed by atoms with van der Waals surface area (Å²) in [5.74, 6) is 0. The van der Waals surface area contributed by atoms with Gasteiger partial charge in [0.15, 0.2) is 0 Å². The van der Waals surface area contributed by atoms with Crippen molar-refractivity contribution in [1.82, 2.24) is 9.13 Å². The molecule has 3 N–H and O–H groups in total. The molecule has 2 aromatic heterocycles. The molecule has 0 unspecified atom stereocenters. The molecule has 0 amide bonds. The van der Waals surface area contributed by atoms with Crippen LogP contribution in [0.2, 0.25) is 0 Å². The Kier molecular flexibility index (Phi) is 3.26. The minimum atomic E-state index is -2.58. The molecule has 4 heteroatoms. The first-order chi connectivity index (χ1) is 20.1. The standard InChI is InChI=1S/C32H26N4/c1-35-25-18-10-6-14-21(25)28-27(20-12-4-3-5-13-20)29-22-15-7-11-19-26(22)36(2)32(29)30(31(28)35)34-24-17-9-8-16-23(24)33/h3-19,34H,33H2,1-2H3/i1D3,2D3. The molecular weight excluding hydrogens is 440 g/mol. The smallest absolute Gasteiger partial charge is 0.0880 e. The molecule has 0 bridgehead atoms. The van der Waals surface area contributed by atoms with E-state index in [4.69, 9.17) is 14.0 Å². The maximum Gasteiger partial charge on any atom is 0.0880 e. The van der Waals surface area contributed by atoms with E-state index in [1.54, 1.807) is 24.3 Å². The quantitative estimate of drug-likeness (QED) is 0.256. The minimum Gasteiger partial charge on any atom is -0.397 e. The summed E-state index contributed by atoms with van der Waals surface area (Å²) in [6.07, 6.45) is 0. The molecule has 0 saturated heterocycles. The number of aromatic nitrogens is 2. The van der Waals surface area contributed by atoms with Gasteiger partial charge in [-0.1, -0.05) is 78.9 Å². The van der Waals surface area contributed by atoms with Crippen LogP contribution in [-0.2, 0) is 14.0 Å². The molecule has 2 heterocycles. The third-order valence-corrected chi connectivity index (χ3v) is 7.01. The molecule has 174 valence electrons. The Balaban J connectivity index is 1.87. The van der Waals surface area contributed by atoms with Gasteiger partial charge >= 0.3 is 0 Å². The molecule has 0 atom stereocenters. The number of nitrogens with two attached hydrogens (primary N) is 1. The molecule has 0 spiro atoms. The van der Waals surface area contributed by atoms with Gasteiger partial charge in [-0.2, -0.15) is 0 Å². The molecular formula is C32H26N4. The number of fused-ring (bicyclic) bond motifs is 6. The van der Waals surface area contributed by atoms with Crippen molar-refractivity contribution in [3.05, 3.63) is 103 Å². The first-order valence-electron chi connectivity index (χ1n) is 14.8. The summed E-state index contributed by atoms with van der Waals surface area (Å²) in [5, 5.41) is 6.34. The monoisotopic (exact) mass is 472 g/mol. The lowest BCUT2D eigenvalue weighted by molar-refractivity contribution is 1.00. The van der Waals surface area contributed by atoms with E-state index in [-0.39, 0.29) is 0 Å². The molecule has 36 heavy (non-hydrogen) atoms. The number of hydrogen-bond acceptors (Lipinski definition) is 2. The van der Waals surface area contributed by atoms with Crippen molar-refractivity contribution in [3.8, 4) is 11.1 Å². The highest BCUT2D eigenvalue weighted by atomic mass is 15.0. The summed E-state index contributed by atoms with van der Waals surface area (Å²) in [7, 11) is 0. The lowest BCUT2D eigenvalue weighted by Gasteiger charge is -2.18. The normalized spacial score (nSPS) is 14.9. The summed E-state index contributed by atoms with van der Waals surface area (Å²) >= 11 is 0. The van der Waals surface area contributed by atoms with Gasteiger partial charge in [0.25, 0.3) is 0 Å². The van der Waals surface area contributed by atoms with E-state index in [0.717, 1.165) is 21.9 Å². The zero-order chi connectivity index (χ0) is 29.4. The zero-order valence-corrected chi connectivity index (χ0v) is 19.3. The molecule has 0 radical (unpaired) electrons. The number of anilines is 3. The van der Waals surface area contributed by atoms with Gasteiger partial charge in [0.1, 0.15) is 0 Å². The van der Waals surface area contributed by atoms with Crippen molar-refractivity contribution >= 4 is 60.7 Å². The van der Waals surface area contributed by atoms with E-state index >= 15 is 0 Å². The van der Waals surface area contributed by atoms with E-state index in [9.17, 15) is 0 Å². The Morgan fingerprint density at radius 2 is 1.17 bits per heavy atom. The number of benzene rings is 5. The molecule has 7 aromatic rings. The second-order valence-electron chi connectivity index (χ2n) is 8.98. The predicted molar refractivity (Wildman–Crippen MR) is 154 cm³/mol. The third kappa shape index (κ3) is 2.75. The van der Waals surface area contributed by atoms with Crippen LogP contribution >= 0.6 is 0 Å². The summed E-state index contributed by atoms with van der Waals surface area (Å²) in [4.78, 5) is 0. The highest BCUT2D eigenvalue weighted by molar-refractivity contribution is 6.32. The van der Waals surface area contributed by atoms with Crippen LogP contribution in [0.15, 0.2) is 103 Å². The maximum absolute atomic E-state index is 8.67. The van der Waals surface area contributed by atoms with Gasteiger partial charge in [0, 0.05) is 60.3 Å². The van der Waals surface area contributed by atoms with E-state index < -0.39 is 14.0 Å². The molecule has 5 aromatic carbocycles. The molecule has 0 fully saturated rings. The fourth-order valence-corrected chi connectivity index (χ4v) is 5.45. The Morgan fingerprint density at radius 3 is 1.75 bits per heavy atom. The van der Waals surface area contributed by atoms with Crippen LogP contribution in [-0.4, -0.2) is 9.13 Å². The van der Waals surface area contributed by atoms with E-state index in [1.807, 2.05) is 78.9 Å². The van der Waals surface area contributed by atoms with Gasteiger partial charge in [-0.3, -0.25) is 0 Å². The number of aryl methyl sites for hydroxylation is 2. The van der Waals surface area contributed by atoms with Crippen LogP contribution in [0.1, 0.15) is 8.22 Å². The summed E-state index contributed by atoms with van der Waals surface area (Å²) in [6.45, 7) is -5.17. The number of nitrogens with zero attached hydrogens (tertiary/aromatic N) is 2. The average molecular weight is 473 g/mol. The van der Waals surface area contributed by atoms with Crippen molar-refractivity contribution in [2.45, 2.75) is 0 Å². The lowest BCUT2D eigenvalue weighted by atomic mass is 9.93. The number of para-hydroxylation sites is 4. The second-order valence-corrected chi connectivity index (χ2v) is 8.98. The van der Waals surface area contributed by atoms with Crippen LogP contribution < -0.4 is 11.1 Å². The van der Waals surface area contributed by atoms with Gasteiger partial charge in [-0.15, -0.1) is 0 Å². The first-order valence-corrected chi connectivity index (χ1v) is 11.8. The molecule has 4 nitrogen and oxygen atoms in total. The van der Waals surface area contributed by atoms with Crippen LogP contribution in [0, 0.1) is 0 Å². The van der Waals surface area contributed by atoms with Crippen molar-refractivity contribution in [2.24, 2.45) is 14.0 Å². The highest BCUT2D eigenvalue weighted by Gasteiger charge is 2.25. The third-order valence-electron chi connectivity index (χ3n) is 7.01. The molecule has 0 aliphatic heterocycles. The number of rotatable bonds is 3. The Morgan fingerprint density at radius 1 is 0.639 bits per heavy atom. The Labute approximate surface area is 217 Å². The topological polar surface area (TPSA) is 47.9 Å². The summed E-state index contributed by atoms with van der Waals surface area (Å²) < 4.78 is 54.7. The van der Waals surface area contributed by atoms with Crippen LogP contribution in [0.4, 0.5) is 17.1 Å². The number of nitrogens with one attached hydrogen (secondary N) is 1. The van der Waals surface area contributed by atoms with E-state index in [2.05, 4.69) is 5.32 Å². The lowest BCUT2D eigenvalue weighted by Crippen LogP contribution is -2.02. The SMILES string of the molecule is [2H]C([2H])([2H])n1c2ccccc2c2c(-c3ccccc3)c3c4ccccc4n(C([2H])([2H])[2H])c3c(Nc3ccccc3N)c21. The fraction of sp³-hybridized carbons (Fsp3) is 0.0625. The van der Waals surface area contributed by atoms with E-state index in [1.165, 1.54) is 9.13 Å². The average Bonchev–Trinajstić information content (AvgIpc) is 3.49. The fourth-order valence-electron chi connectivity index (χ4n) is 5.45. The number of nitrogen functional groups attached to an aromatic ring is 1. The van der Waals surface area contributed by atoms with Crippen LogP contribution in [0.5, 0.6) is 0 Å². The summed E-state index contributed by atoms with van der Waals surface area (Å²) in [6, 6.07) is 31.7. The molecule has 0 aliphatic rings. The van der Waals surface area contributed by atoms with Crippen molar-refractivity contribution < 1.29 is 8.22 Å². The second kappa shape index (κ2) is 7.65. The van der Waals surface area contributed by atoms with Gasteiger partial charge in [-0.05, 0) is 29.8 Å². The van der Waals surface area contributed by atoms with Crippen LogP contribution in [0.25, 0.3) is 54.7 Å². The van der Waals surface area contributed by atoms with Crippen LogP contribution in [0.3, 0.4) is 0 Å². The maximum atomic E-state index is 8.67. The molecule has 0 aliphatic carbocycles. The Hall–Kier alpha value is -4.70. The van der Waals surface area contributed by atoms with Gasteiger partial charge < -0.3 is 20.2 Å². The minimum absolute atomic E-state index is 0.359. The van der Waals surface area contributed by atoms with Crippen molar-refractivity contribution in [2.75, 3.05) is 11.1 Å². The molecule has 7 rings (SSSR count). The largest absolute Gasteiger partial charge is 0.397 e. The van der Waals surface area contributed by atoms with Gasteiger partial charge in [-0.25, -0.2) is 0 Å². The Bertz CT molecular complexity index is 2040. The zero-order valence-electron chi connectivity index (χ0n) is 25.3.